The van der Waals surface area contributed by atoms with Crippen molar-refractivity contribution in [2.24, 2.45) is 5.10 Å². The number of methoxy groups -OCH3 is 1. The molecule has 0 aliphatic rings. The minimum Gasteiger partial charge on any atom is -0.493 e. The molecule has 29 heavy (non-hydrogen) atoms. The van der Waals surface area contributed by atoms with Gasteiger partial charge in [0.1, 0.15) is 6.61 Å². The molecule has 0 fully saturated rings. The number of halogens is 2. The topological polar surface area (TPSA) is 59.9 Å². The van der Waals surface area contributed by atoms with Crippen LogP contribution in [0.4, 0.5) is 0 Å². The van der Waals surface area contributed by atoms with Crippen molar-refractivity contribution < 1.29 is 14.3 Å². The summed E-state index contributed by atoms with van der Waals surface area (Å²) in [7, 11) is 1.57. The summed E-state index contributed by atoms with van der Waals surface area (Å²) in [6.07, 6.45) is 1.54. The van der Waals surface area contributed by atoms with Gasteiger partial charge in [0.2, 0.25) is 0 Å². The first-order valence-electron chi connectivity index (χ1n) is 8.70. The van der Waals surface area contributed by atoms with Gasteiger partial charge in [-0.15, -0.1) is 0 Å². The van der Waals surface area contributed by atoms with Crippen LogP contribution in [-0.4, -0.2) is 19.2 Å². The van der Waals surface area contributed by atoms with Gasteiger partial charge in [-0.25, -0.2) is 5.43 Å². The molecular weight excluding hydrogens is 456 g/mol. The van der Waals surface area contributed by atoms with Gasteiger partial charge in [0.25, 0.3) is 5.91 Å². The van der Waals surface area contributed by atoms with Crippen molar-refractivity contribution in [3.8, 4) is 11.5 Å². The Kier molecular flexibility index (Phi) is 7.27. The summed E-state index contributed by atoms with van der Waals surface area (Å²) in [4.78, 5) is 12.2. The van der Waals surface area contributed by atoms with E-state index in [1.54, 1.807) is 43.7 Å². The standard InChI is InChI=1S/C22H18BrClN2O3/c1-28-21-12-16(13-25-26-22(27)18-4-2-3-5-19(18)23)8-11-20(21)29-14-15-6-9-17(24)10-7-15/h2-13H,14H2,1H3,(H,26,27)/b25-13-. The number of carbonyl (C=O) groups is 1. The lowest BCUT2D eigenvalue weighted by Crippen LogP contribution is -2.18. The first-order chi connectivity index (χ1) is 14.1. The molecule has 0 atom stereocenters. The number of hydrazone groups is 1. The molecule has 3 aromatic carbocycles. The summed E-state index contributed by atoms with van der Waals surface area (Å²) in [6.45, 7) is 0.392. The first-order valence-corrected chi connectivity index (χ1v) is 9.87. The van der Waals surface area contributed by atoms with E-state index in [1.165, 1.54) is 0 Å². The van der Waals surface area contributed by atoms with E-state index in [0.717, 1.165) is 11.1 Å². The maximum Gasteiger partial charge on any atom is 0.272 e. The highest BCUT2D eigenvalue weighted by molar-refractivity contribution is 9.10. The van der Waals surface area contributed by atoms with Crippen LogP contribution in [0, 0.1) is 0 Å². The van der Waals surface area contributed by atoms with Gasteiger partial charge in [-0.3, -0.25) is 4.79 Å². The van der Waals surface area contributed by atoms with E-state index < -0.39 is 0 Å². The zero-order valence-corrected chi connectivity index (χ0v) is 17.9. The monoisotopic (exact) mass is 472 g/mol. The fourth-order valence-corrected chi connectivity index (χ4v) is 3.09. The molecule has 0 aliphatic carbocycles. The normalized spacial score (nSPS) is 10.7. The number of amides is 1. The van der Waals surface area contributed by atoms with Crippen LogP contribution >= 0.6 is 27.5 Å². The van der Waals surface area contributed by atoms with Gasteiger partial charge in [-0.1, -0.05) is 35.9 Å². The van der Waals surface area contributed by atoms with E-state index in [-0.39, 0.29) is 5.91 Å². The zero-order chi connectivity index (χ0) is 20.6. The number of nitrogens with one attached hydrogen (secondary N) is 1. The molecule has 0 heterocycles. The Balaban J connectivity index is 1.63. The lowest BCUT2D eigenvalue weighted by atomic mass is 10.2. The quantitative estimate of drug-likeness (QED) is 0.366. The maximum absolute atomic E-state index is 12.2. The predicted molar refractivity (Wildman–Crippen MR) is 118 cm³/mol. The number of nitrogens with zero attached hydrogens (tertiary/aromatic N) is 1. The van der Waals surface area contributed by atoms with Crippen LogP contribution in [0.5, 0.6) is 11.5 Å². The Morgan fingerprint density at radius 3 is 2.59 bits per heavy atom. The highest BCUT2D eigenvalue weighted by Crippen LogP contribution is 2.28. The fourth-order valence-electron chi connectivity index (χ4n) is 2.50. The molecule has 1 amide bonds. The summed E-state index contributed by atoms with van der Waals surface area (Å²) < 4.78 is 11.9. The van der Waals surface area contributed by atoms with Crippen LogP contribution in [-0.2, 0) is 6.61 Å². The van der Waals surface area contributed by atoms with Crippen LogP contribution in [0.1, 0.15) is 21.5 Å². The van der Waals surface area contributed by atoms with Crippen molar-refractivity contribution in [2.75, 3.05) is 7.11 Å². The molecule has 3 aromatic rings. The Hall–Kier alpha value is -2.83. The fraction of sp³-hybridized carbons (Fsp3) is 0.0909. The average Bonchev–Trinajstić information content (AvgIpc) is 2.74. The summed E-state index contributed by atoms with van der Waals surface area (Å²) in [5.74, 6) is 0.875. The van der Waals surface area contributed by atoms with E-state index in [2.05, 4.69) is 26.5 Å². The summed E-state index contributed by atoms with van der Waals surface area (Å²) >= 11 is 9.24. The third kappa shape index (κ3) is 5.82. The zero-order valence-electron chi connectivity index (χ0n) is 15.6. The molecule has 0 bridgehead atoms. The van der Waals surface area contributed by atoms with Crippen molar-refractivity contribution in [1.29, 1.82) is 0 Å². The average molecular weight is 474 g/mol. The van der Waals surface area contributed by atoms with Crippen molar-refractivity contribution in [1.82, 2.24) is 5.43 Å². The second-order valence-corrected chi connectivity index (χ2v) is 7.30. The Labute approximate surface area is 182 Å². The number of carbonyl (C=O) groups excluding carboxylic acids is 1. The van der Waals surface area contributed by atoms with Crippen LogP contribution in [0.15, 0.2) is 76.3 Å². The number of hydrogen-bond donors (Lipinski definition) is 1. The summed E-state index contributed by atoms with van der Waals surface area (Å²) in [5.41, 5.74) is 4.77. The summed E-state index contributed by atoms with van der Waals surface area (Å²) in [5, 5.41) is 4.69. The molecule has 0 saturated heterocycles. The summed E-state index contributed by atoms with van der Waals surface area (Å²) in [6, 6.07) is 20.0. The molecular formula is C22H18BrClN2O3. The minimum atomic E-state index is -0.302. The number of rotatable bonds is 7. The number of benzene rings is 3. The number of hydrogen-bond acceptors (Lipinski definition) is 4. The molecule has 0 radical (unpaired) electrons. The van der Waals surface area contributed by atoms with Gasteiger partial charge in [0.05, 0.1) is 18.9 Å². The molecule has 5 nitrogen and oxygen atoms in total. The van der Waals surface area contributed by atoms with Crippen molar-refractivity contribution in [3.63, 3.8) is 0 Å². The van der Waals surface area contributed by atoms with Crippen molar-refractivity contribution in [3.05, 3.63) is 92.9 Å². The lowest BCUT2D eigenvalue weighted by Gasteiger charge is -2.11. The highest BCUT2D eigenvalue weighted by Gasteiger charge is 2.08. The predicted octanol–water partition coefficient (Wildman–Crippen LogP) is 5.45. The van der Waals surface area contributed by atoms with E-state index in [1.807, 2.05) is 36.4 Å². The SMILES string of the molecule is COc1cc(/C=N\NC(=O)c2ccccc2Br)ccc1OCc1ccc(Cl)cc1. The van der Waals surface area contributed by atoms with E-state index in [4.69, 9.17) is 21.1 Å². The maximum atomic E-state index is 12.2. The van der Waals surface area contributed by atoms with Crippen molar-refractivity contribution in [2.45, 2.75) is 6.61 Å². The number of ether oxygens (including phenoxy) is 2. The Morgan fingerprint density at radius 2 is 1.86 bits per heavy atom. The van der Waals surface area contributed by atoms with Crippen LogP contribution < -0.4 is 14.9 Å². The second kappa shape index (κ2) is 10.1. The van der Waals surface area contributed by atoms with E-state index >= 15 is 0 Å². The molecule has 7 heteroatoms. The second-order valence-electron chi connectivity index (χ2n) is 6.00. The van der Waals surface area contributed by atoms with Crippen LogP contribution in [0.25, 0.3) is 0 Å². The lowest BCUT2D eigenvalue weighted by molar-refractivity contribution is 0.0954. The molecule has 0 aliphatic heterocycles. The van der Waals surface area contributed by atoms with Gasteiger partial charge in [0, 0.05) is 9.50 Å². The van der Waals surface area contributed by atoms with E-state index in [9.17, 15) is 4.79 Å². The van der Waals surface area contributed by atoms with Crippen molar-refractivity contribution >= 4 is 39.7 Å². The third-order valence-electron chi connectivity index (χ3n) is 3.99. The Morgan fingerprint density at radius 1 is 1.10 bits per heavy atom. The molecule has 148 valence electrons. The third-order valence-corrected chi connectivity index (χ3v) is 4.94. The Bertz CT molecular complexity index is 1020. The molecule has 1 N–H and O–H groups in total. The van der Waals surface area contributed by atoms with Crippen LogP contribution in [0.3, 0.4) is 0 Å². The molecule has 0 spiro atoms. The molecule has 3 rings (SSSR count). The van der Waals surface area contributed by atoms with Gasteiger partial charge in [-0.05, 0) is 69.5 Å². The molecule has 0 aromatic heterocycles. The van der Waals surface area contributed by atoms with Gasteiger partial charge in [0.15, 0.2) is 11.5 Å². The first kappa shape index (κ1) is 20.9. The van der Waals surface area contributed by atoms with Crippen LogP contribution in [0.2, 0.25) is 5.02 Å². The van der Waals surface area contributed by atoms with E-state index in [0.29, 0.717) is 33.2 Å². The largest absolute Gasteiger partial charge is 0.493 e. The van der Waals surface area contributed by atoms with Gasteiger partial charge < -0.3 is 9.47 Å². The van der Waals surface area contributed by atoms with Gasteiger partial charge >= 0.3 is 0 Å². The minimum absolute atomic E-state index is 0.302. The smallest absolute Gasteiger partial charge is 0.272 e. The highest BCUT2D eigenvalue weighted by atomic mass is 79.9. The molecule has 0 saturated carbocycles. The molecule has 0 unspecified atom stereocenters. The van der Waals surface area contributed by atoms with Gasteiger partial charge in [-0.2, -0.15) is 5.10 Å².